The van der Waals surface area contributed by atoms with E-state index < -0.39 is 0 Å². The van der Waals surface area contributed by atoms with Crippen molar-refractivity contribution < 1.29 is 4.79 Å². The minimum atomic E-state index is -0.155. The number of hydrogen-bond acceptors (Lipinski definition) is 3. The molecule has 1 aromatic heterocycles. The summed E-state index contributed by atoms with van der Waals surface area (Å²) in [6.45, 7) is 0. The summed E-state index contributed by atoms with van der Waals surface area (Å²) in [5.41, 5.74) is 2.12. The Hall–Kier alpha value is -2.53. The lowest BCUT2D eigenvalue weighted by Gasteiger charge is -2.13. The molecule has 0 unspecified atom stereocenters. The maximum absolute atomic E-state index is 12.4. The van der Waals surface area contributed by atoms with Gasteiger partial charge in [0.15, 0.2) is 5.11 Å². The van der Waals surface area contributed by atoms with E-state index in [2.05, 4.69) is 10.3 Å². The van der Waals surface area contributed by atoms with Gasteiger partial charge >= 0.3 is 0 Å². The SMILES string of the molecule is O=C1/C(=C\c2ccncc2)NC(=S)N1c1ccccc1. The second kappa shape index (κ2) is 5.22. The van der Waals surface area contributed by atoms with E-state index in [9.17, 15) is 4.79 Å². The first-order chi connectivity index (χ1) is 9.75. The molecule has 0 radical (unpaired) electrons. The lowest BCUT2D eigenvalue weighted by molar-refractivity contribution is -0.113. The molecular weight excluding hydrogens is 270 g/mol. The van der Waals surface area contributed by atoms with Crippen LogP contribution >= 0.6 is 12.2 Å². The zero-order valence-electron chi connectivity index (χ0n) is 10.5. The minimum Gasteiger partial charge on any atom is -0.327 e. The molecule has 1 aromatic carbocycles. The van der Waals surface area contributed by atoms with E-state index in [0.29, 0.717) is 10.8 Å². The number of amides is 1. The molecule has 3 rings (SSSR count). The monoisotopic (exact) mass is 281 g/mol. The number of hydrogen-bond donors (Lipinski definition) is 1. The largest absolute Gasteiger partial charge is 0.327 e. The lowest BCUT2D eigenvalue weighted by Crippen LogP contribution is -2.30. The number of thiocarbonyl (C=S) groups is 1. The van der Waals surface area contributed by atoms with Gasteiger partial charge in [-0.3, -0.25) is 14.7 Å². The third kappa shape index (κ3) is 2.31. The van der Waals surface area contributed by atoms with E-state index in [1.807, 2.05) is 42.5 Å². The number of rotatable bonds is 2. The van der Waals surface area contributed by atoms with Gasteiger partial charge in [-0.2, -0.15) is 0 Å². The van der Waals surface area contributed by atoms with Crippen molar-refractivity contribution >= 4 is 35.0 Å². The Morgan fingerprint density at radius 3 is 2.50 bits per heavy atom. The fourth-order valence-corrected chi connectivity index (χ4v) is 2.27. The molecule has 1 fully saturated rings. The van der Waals surface area contributed by atoms with Gasteiger partial charge in [-0.05, 0) is 48.1 Å². The van der Waals surface area contributed by atoms with E-state index in [0.717, 1.165) is 11.3 Å². The maximum Gasteiger partial charge on any atom is 0.281 e. The van der Waals surface area contributed by atoms with E-state index >= 15 is 0 Å². The zero-order valence-corrected chi connectivity index (χ0v) is 11.3. The molecule has 5 heteroatoms. The van der Waals surface area contributed by atoms with Gasteiger partial charge in [-0.15, -0.1) is 0 Å². The number of nitrogens with zero attached hydrogens (tertiary/aromatic N) is 2. The molecule has 1 aliphatic heterocycles. The fourth-order valence-electron chi connectivity index (χ4n) is 1.97. The third-order valence-electron chi connectivity index (χ3n) is 2.91. The first-order valence-corrected chi connectivity index (χ1v) is 6.49. The molecule has 4 nitrogen and oxygen atoms in total. The number of pyridine rings is 1. The quantitative estimate of drug-likeness (QED) is 0.678. The Labute approximate surface area is 121 Å². The van der Waals surface area contributed by atoms with Crippen molar-refractivity contribution in [3.05, 3.63) is 66.1 Å². The molecule has 2 heterocycles. The Kier molecular flexibility index (Phi) is 3.26. The van der Waals surface area contributed by atoms with Gasteiger partial charge in [0.1, 0.15) is 5.70 Å². The number of carbonyl (C=O) groups excluding carboxylic acids is 1. The summed E-state index contributed by atoms with van der Waals surface area (Å²) < 4.78 is 0. The van der Waals surface area contributed by atoms with E-state index in [-0.39, 0.29) is 5.91 Å². The summed E-state index contributed by atoms with van der Waals surface area (Å²) in [7, 11) is 0. The number of carbonyl (C=O) groups is 1. The van der Waals surface area contributed by atoms with Gasteiger partial charge in [-0.25, -0.2) is 0 Å². The van der Waals surface area contributed by atoms with Gasteiger partial charge in [-0.1, -0.05) is 18.2 Å². The van der Waals surface area contributed by atoms with Crippen LogP contribution in [-0.4, -0.2) is 16.0 Å². The molecule has 0 atom stereocenters. The van der Waals surface area contributed by atoms with Gasteiger partial charge in [0, 0.05) is 12.4 Å². The number of anilines is 1. The number of benzene rings is 1. The lowest BCUT2D eigenvalue weighted by atomic mass is 10.2. The molecule has 1 saturated heterocycles. The van der Waals surface area contributed by atoms with Crippen LogP contribution in [0.25, 0.3) is 6.08 Å². The summed E-state index contributed by atoms with van der Waals surface area (Å²) in [5, 5.41) is 3.34. The molecule has 98 valence electrons. The second-order valence-corrected chi connectivity index (χ2v) is 4.63. The van der Waals surface area contributed by atoms with Crippen molar-refractivity contribution in [3.63, 3.8) is 0 Å². The van der Waals surface area contributed by atoms with Gasteiger partial charge in [0.2, 0.25) is 0 Å². The highest BCUT2D eigenvalue weighted by Gasteiger charge is 2.31. The van der Waals surface area contributed by atoms with Crippen LogP contribution in [0.15, 0.2) is 60.6 Å². The summed E-state index contributed by atoms with van der Waals surface area (Å²) in [4.78, 5) is 17.8. The first kappa shape index (κ1) is 12.5. The molecule has 1 N–H and O–H groups in total. The Balaban J connectivity index is 1.93. The molecular formula is C15H11N3OS. The van der Waals surface area contributed by atoms with Crippen molar-refractivity contribution in [1.82, 2.24) is 10.3 Å². The zero-order chi connectivity index (χ0) is 13.9. The molecule has 2 aromatic rings. The van der Waals surface area contributed by atoms with Crippen LogP contribution in [0, 0.1) is 0 Å². The van der Waals surface area contributed by atoms with Crippen LogP contribution in [-0.2, 0) is 4.79 Å². The maximum atomic E-state index is 12.4. The van der Waals surface area contributed by atoms with Crippen molar-refractivity contribution in [2.45, 2.75) is 0 Å². The summed E-state index contributed by atoms with van der Waals surface area (Å²) in [6.07, 6.45) is 5.12. The average Bonchev–Trinajstić information content (AvgIpc) is 2.75. The fraction of sp³-hybridized carbons (Fsp3) is 0. The number of nitrogens with one attached hydrogen (secondary N) is 1. The Morgan fingerprint density at radius 1 is 1.10 bits per heavy atom. The van der Waals surface area contributed by atoms with E-state index in [1.54, 1.807) is 18.5 Å². The second-order valence-electron chi connectivity index (χ2n) is 4.24. The van der Waals surface area contributed by atoms with Crippen LogP contribution < -0.4 is 10.2 Å². The van der Waals surface area contributed by atoms with Crippen molar-refractivity contribution in [1.29, 1.82) is 0 Å². The van der Waals surface area contributed by atoms with Crippen molar-refractivity contribution in [2.24, 2.45) is 0 Å². The topological polar surface area (TPSA) is 45.2 Å². The van der Waals surface area contributed by atoms with Gasteiger partial charge < -0.3 is 5.32 Å². The molecule has 1 amide bonds. The summed E-state index contributed by atoms with van der Waals surface area (Å²) >= 11 is 5.23. The Bertz CT molecular complexity index is 683. The minimum absolute atomic E-state index is 0.155. The van der Waals surface area contributed by atoms with Crippen LogP contribution in [0.1, 0.15) is 5.56 Å². The molecule has 0 aliphatic carbocycles. The van der Waals surface area contributed by atoms with Crippen molar-refractivity contribution in [2.75, 3.05) is 4.90 Å². The smallest absolute Gasteiger partial charge is 0.281 e. The third-order valence-corrected chi connectivity index (χ3v) is 3.19. The predicted molar refractivity (Wildman–Crippen MR) is 81.9 cm³/mol. The van der Waals surface area contributed by atoms with Crippen LogP contribution in [0.4, 0.5) is 5.69 Å². The van der Waals surface area contributed by atoms with E-state index in [4.69, 9.17) is 12.2 Å². The van der Waals surface area contributed by atoms with Crippen LogP contribution in [0.2, 0.25) is 0 Å². The molecule has 20 heavy (non-hydrogen) atoms. The molecule has 1 aliphatic rings. The number of para-hydroxylation sites is 1. The number of aromatic nitrogens is 1. The predicted octanol–water partition coefficient (Wildman–Crippen LogP) is 2.34. The standard InChI is InChI=1S/C15H11N3OS/c19-14-13(10-11-6-8-16-9-7-11)17-15(20)18(14)12-4-2-1-3-5-12/h1-10H,(H,17,20)/b13-10+. The Morgan fingerprint density at radius 2 is 1.80 bits per heavy atom. The highest BCUT2D eigenvalue weighted by atomic mass is 32.1. The van der Waals surface area contributed by atoms with Crippen LogP contribution in [0.3, 0.4) is 0 Å². The molecule has 0 saturated carbocycles. The first-order valence-electron chi connectivity index (χ1n) is 6.08. The van der Waals surface area contributed by atoms with Crippen LogP contribution in [0.5, 0.6) is 0 Å². The summed E-state index contributed by atoms with van der Waals surface area (Å²) in [6, 6.07) is 13.0. The average molecular weight is 281 g/mol. The molecule has 0 spiro atoms. The highest BCUT2D eigenvalue weighted by molar-refractivity contribution is 7.80. The van der Waals surface area contributed by atoms with Gasteiger partial charge in [0.25, 0.3) is 5.91 Å². The normalized spacial score (nSPS) is 16.6. The van der Waals surface area contributed by atoms with Gasteiger partial charge in [0.05, 0.1) is 5.69 Å². The van der Waals surface area contributed by atoms with E-state index in [1.165, 1.54) is 4.90 Å². The molecule has 0 bridgehead atoms. The highest BCUT2D eigenvalue weighted by Crippen LogP contribution is 2.21. The van der Waals surface area contributed by atoms with Crippen molar-refractivity contribution in [3.8, 4) is 0 Å². The summed E-state index contributed by atoms with van der Waals surface area (Å²) in [5.74, 6) is -0.155.